The second-order valence-corrected chi connectivity index (χ2v) is 6.92. The standard InChI is InChI=1S/C22H23NO5/c24-20(14-21(25)22(26)27)19-12-17(10-16-4-2-1-3-5-16)11-18(13-19)15-23-6-8-28-9-7-23/h1-5,11-13H,6-10,14-15H2,(H,26,27). The normalized spacial score (nSPS) is 14.6. The van der Waals surface area contributed by atoms with E-state index >= 15 is 0 Å². The zero-order valence-corrected chi connectivity index (χ0v) is 15.6. The Morgan fingerprint density at radius 2 is 1.61 bits per heavy atom. The fraction of sp³-hybridized carbons (Fsp3) is 0.318. The molecule has 1 saturated heterocycles. The lowest BCUT2D eigenvalue weighted by Gasteiger charge is -2.27. The van der Waals surface area contributed by atoms with Crippen molar-refractivity contribution in [2.24, 2.45) is 0 Å². The van der Waals surface area contributed by atoms with Crippen molar-refractivity contribution in [2.45, 2.75) is 19.4 Å². The van der Waals surface area contributed by atoms with Gasteiger partial charge in [-0.2, -0.15) is 0 Å². The van der Waals surface area contributed by atoms with Gasteiger partial charge in [-0.3, -0.25) is 14.5 Å². The van der Waals surface area contributed by atoms with Gasteiger partial charge >= 0.3 is 5.97 Å². The Balaban J connectivity index is 1.85. The molecule has 0 aromatic heterocycles. The van der Waals surface area contributed by atoms with Crippen LogP contribution in [0.1, 0.15) is 33.5 Å². The molecule has 0 atom stereocenters. The summed E-state index contributed by atoms with van der Waals surface area (Å²) in [4.78, 5) is 37.0. The van der Waals surface area contributed by atoms with Crippen LogP contribution in [0.5, 0.6) is 0 Å². The van der Waals surface area contributed by atoms with Crippen molar-refractivity contribution >= 4 is 17.5 Å². The molecule has 1 aliphatic heterocycles. The summed E-state index contributed by atoms with van der Waals surface area (Å²) in [5, 5.41) is 8.78. The van der Waals surface area contributed by atoms with Crippen molar-refractivity contribution in [1.29, 1.82) is 0 Å². The number of nitrogens with zero attached hydrogens (tertiary/aromatic N) is 1. The second-order valence-electron chi connectivity index (χ2n) is 6.92. The third kappa shape index (κ3) is 5.58. The molecule has 0 aliphatic carbocycles. The predicted molar refractivity (Wildman–Crippen MR) is 103 cm³/mol. The molecule has 3 rings (SSSR count). The smallest absolute Gasteiger partial charge is 0.372 e. The molecule has 2 aromatic rings. The Kier molecular flexibility index (Phi) is 6.68. The van der Waals surface area contributed by atoms with E-state index in [-0.39, 0.29) is 0 Å². The van der Waals surface area contributed by atoms with E-state index < -0.39 is 24.0 Å². The third-order valence-electron chi connectivity index (χ3n) is 4.70. The zero-order chi connectivity index (χ0) is 19.9. The van der Waals surface area contributed by atoms with Gasteiger partial charge < -0.3 is 9.84 Å². The quantitative estimate of drug-likeness (QED) is 0.429. The summed E-state index contributed by atoms with van der Waals surface area (Å²) in [6, 6.07) is 15.5. The van der Waals surface area contributed by atoms with Gasteiger partial charge in [0.05, 0.1) is 19.6 Å². The minimum atomic E-state index is -1.58. The van der Waals surface area contributed by atoms with Gasteiger partial charge in [-0.25, -0.2) is 4.79 Å². The maximum atomic E-state index is 12.5. The van der Waals surface area contributed by atoms with Crippen LogP contribution in [0.4, 0.5) is 0 Å². The van der Waals surface area contributed by atoms with Gasteiger partial charge in [-0.1, -0.05) is 36.4 Å². The van der Waals surface area contributed by atoms with E-state index in [0.717, 1.165) is 29.8 Å². The Labute approximate surface area is 163 Å². The van der Waals surface area contributed by atoms with Crippen molar-refractivity contribution in [3.05, 3.63) is 70.8 Å². The summed E-state index contributed by atoms with van der Waals surface area (Å²) in [7, 11) is 0. The topological polar surface area (TPSA) is 83.9 Å². The van der Waals surface area contributed by atoms with Crippen molar-refractivity contribution in [3.8, 4) is 0 Å². The Bertz CT molecular complexity index is 856. The van der Waals surface area contributed by atoms with E-state index in [9.17, 15) is 14.4 Å². The van der Waals surface area contributed by atoms with Crippen LogP contribution in [-0.2, 0) is 27.3 Å². The van der Waals surface area contributed by atoms with Crippen LogP contribution < -0.4 is 0 Å². The summed E-state index contributed by atoms with van der Waals surface area (Å²) in [5.74, 6) is -3.14. The Morgan fingerprint density at radius 1 is 0.929 bits per heavy atom. The molecule has 6 heteroatoms. The van der Waals surface area contributed by atoms with E-state index in [1.165, 1.54) is 0 Å². The number of benzene rings is 2. The molecule has 6 nitrogen and oxygen atoms in total. The van der Waals surface area contributed by atoms with Crippen LogP contribution in [0.15, 0.2) is 48.5 Å². The molecule has 0 amide bonds. The van der Waals surface area contributed by atoms with Crippen LogP contribution in [0, 0.1) is 0 Å². The van der Waals surface area contributed by atoms with Crippen molar-refractivity contribution in [1.82, 2.24) is 4.90 Å². The van der Waals surface area contributed by atoms with Gasteiger partial charge in [0, 0.05) is 25.2 Å². The molecule has 0 bridgehead atoms. The van der Waals surface area contributed by atoms with Crippen LogP contribution in [0.25, 0.3) is 0 Å². The van der Waals surface area contributed by atoms with Crippen LogP contribution >= 0.6 is 0 Å². The lowest BCUT2D eigenvalue weighted by atomic mass is 9.96. The van der Waals surface area contributed by atoms with E-state index in [0.29, 0.717) is 31.7 Å². The first-order chi connectivity index (χ1) is 13.5. The average Bonchev–Trinajstić information content (AvgIpc) is 2.69. The summed E-state index contributed by atoms with van der Waals surface area (Å²) < 4.78 is 5.38. The fourth-order valence-corrected chi connectivity index (χ4v) is 3.29. The van der Waals surface area contributed by atoms with E-state index in [2.05, 4.69) is 11.0 Å². The number of hydrogen-bond donors (Lipinski definition) is 1. The summed E-state index contributed by atoms with van der Waals surface area (Å²) in [6.07, 6.45) is 0.0338. The number of ether oxygens (including phenoxy) is 1. The molecule has 0 saturated carbocycles. The molecule has 0 radical (unpaired) electrons. The first-order valence-electron chi connectivity index (χ1n) is 9.27. The van der Waals surface area contributed by atoms with E-state index in [1.807, 2.05) is 30.3 Å². The maximum Gasteiger partial charge on any atom is 0.372 e. The molecular formula is C22H23NO5. The average molecular weight is 381 g/mol. The molecule has 1 aliphatic rings. The highest BCUT2D eigenvalue weighted by molar-refractivity contribution is 6.37. The molecule has 1 N–H and O–H groups in total. The van der Waals surface area contributed by atoms with Gasteiger partial charge in [-0.05, 0) is 35.2 Å². The monoisotopic (exact) mass is 381 g/mol. The van der Waals surface area contributed by atoms with Gasteiger partial charge in [-0.15, -0.1) is 0 Å². The van der Waals surface area contributed by atoms with Crippen LogP contribution in [0.2, 0.25) is 0 Å². The van der Waals surface area contributed by atoms with Crippen LogP contribution in [-0.4, -0.2) is 53.8 Å². The Morgan fingerprint density at radius 3 is 2.29 bits per heavy atom. The lowest BCUT2D eigenvalue weighted by molar-refractivity contribution is -0.148. The number of carboxylic acid groups (broad SMARTS) is 1. The predicted octanol–water partition coefficient (Wildman–Crippen LogP) is 2.34. The minimum absolute atomic E-state index is 0.381. The first kappa shape index (κ1) is 19.9. The molecule has 1 heterocycles. The van der Waals surface area contributed by atoms with Gasteiger partial charge in [0.1, 0.15) is 0 Å². The number of morpholine rings is 1. The maximum absolute atomic E-state index is 12.5. The molecular weight excluding hydrogens is 358 g/mol. The SMILES string of the molecule is O=C(O)C(=O)CC(=O)c1cc(Cc2ccccc2)cc(CN2CCOCC2)c1. The largest absolute Gasteiger partial charge is 0.475 e. The molecule has 146 valence electrons. The van der Waals surface area contributed by atoms with Crippen LogP contribution in [0.3, 0.4) is 0 Å². The minimum Gasteiger partial charge on any atom is -0.475 e. The number of carbonyl (C=O) groups is 3. The second kappa shape index (κ2) is 9.39. The molecule has 1 fully saturated rings. The summed E-state index contributed by atoms with van der Waals surface area (Å²) >= 11 is 0. The van der Waals surface area contributed by atoms with Crippen molar-refractivity contribution in [2.75, 3.05) is 26.3 Å². The van der Waals surface area contributed by atoms with Gasteiger partial charge in [0.15, 0.2) is 5.78 Å². The summed E-state index contributed by atoms with van der Waals surface area (Å²) in [5.41, 5.74) is 3.43. The fourth-order valence-electron chi connectivity index (χ4n) is 3.29. The summed E-state index contributed by atoms with van der Waals surface area (Å²) in [6.45, 7) is 3.69. The lowest BCUT2D eigenvalue weighted by Crippen LogP contribution is -2.35. The number of hydrogen-bond acceptors (Lipinski definition) is 5. The number of carbonyl (C=O) groups excluding carboxylic acids is 2. The van der Waals surface area contributed by atoms with E-state index in [1.54, 1.807) is 12.1 Å². The highest BCUT2D eigenvalue weighted by Gasteiger charge is 2.19. The highest BCUT2D eigenvalue weighted by Crippen LogP contribution is 2.18. The van der Waals surface area contributed by atoms with Crippen molar-refractivity contribution < 1.29 is 24.2 Å². The highest BCUT2D eigenvalue weighted by atomic mass is 16.5. The third-order valence-corrected chi connectivity index (χ3v) is 4.70. The number of aliphatic carboxylic acids is 1. The molecule has 2 aromatic carbocycles. The molecule has 28 heavy (non-hydrogen) atoms. The molecule has 0 spiro atoms. The molecule has 0 unspecified atom stereocenters. The van der Waals surface area contributed by atoms with Gasteiger partial charge in [0.25, 0.3) is 0 Å². The van der Waals surface area contributed by atoms with Gasteiger partial charge in [0.2, 0.25) is 5.78 Å². The van der Waals surface area contributed by atoms with E-state index in [4.69, 9.17) is 9.84 Å². The number of Topliss-reactive ketones (excluding diaryl/α,β-unsaturated/α-hetero) is 2. The first-order valence-corrected chi connectivity index (χ1v) is 9.27. The Hall–Kier alpha value is -2.83. The number of rotatable bonds is 8. The number of ketones is 2. The van der Waals surface area contributed by atoms with Crippen molar-refractivity contribution in [3.63, 3.8) is 0 Å². The zero-order valence-electron chi connectivity index (χ0n) is 15.6. The number of carboxylic acids is 1.